The molecule has 1 aliphatic heterocycles. The lowest BCUT2D eigenvalue weighted by Gasteiger charge is -2.34. The second kappa shape index (κ2) is 6.41. The first kappa shape index (κ1) is 15.4. The van der Waals surface area contributed by atoms with Crippen LogP contribution in [-0.4, -0.2) is 47.2 Å². The molecule has 0 saturated carbocycles. The van der Waals surface area contributed by atoms with Crippen LogP contribution in [-0.2, 0) is 0 Å². The van der Waals surface area contributed by atoms with Gasteiger partial charge in [0.1, 0.15) is 0 Å². The largest absolute Gasteiger partial charge is 0.352 e. The fourth-order valence-corrected chi connectivity index (χ4v) is 4.49. The number of piperazine rings is 1. The highest BCUT2D eigenvalue weighted by atomic mass is 32.1. The molecule has 24 heavy (non-hydrogen) atoms. The van der Waals surface area contributed by atoms with E-state index >= 15 is 0 Å². The van der Waals surface area contributed by atoms with Crippen molar-refractivity contribution < 1.29 is 4.79 Å². The van der Waals surface area contributed by atoms with Crippen LogP contribution >= 0.6 is 22.7 Å². The molecule has 0 bridgehead atoms. The lowest BCUT2D eigenvalue weighted by molar-refractivity contribution is 0.0751. The maximum atomic E-state index is 12.6. The van der Waals surface area contributed by atoms with Crippen molar-refractivity contribution >= 4 is 34.4 Å². The molecule has 124 valence electrons. The first-order valence-electron chi connectivity index (χ1n) is 7.90. The molecule has 0 spiro atoms. The number of carbonyl (C=O) groups is 1. The van der Waals surface area contributed by atoms with Crippen molar-refractivity contribution in [2.75, 3.05) is 31.1 Å². The molecule has 5 nitrogen and oxygen atoms in total. The molecule has 1 aliphatic rings. The van der Waals surface area contributed by atoms with Crippen molar-refractivity contribution in [1.29, 1.82) is 0 Å². The average molecular weight is 358 g/mol. The van der Waals surface area contributed by atoms with E-state index < -0.39 is 0 Å². The minimum Gasteiger partial charge on any atom is -0.352 e. The van der Waals surface area contributed by atoms with E-state index in [0.717, 1.165) is 48.1 Å². The Morgan fingerprint density at radius 2 is 2.00 bits per heavy atom. The summed E-state index contributed by atoms with van der Waals surface area (Å²) in [6.07, 6.45) is 0. The zero-order valence-corrected chi connectivity index (χ0v) is 15.0. The average Bonchev–Trinajstić information content (AvgIpc) is 3.35. The van der Waals surface area contributed by atoms with E-state index in [1.165, 1.54) is 16.2 Å². The van der Waals surface area contributed by atoms with Crippen molar-refractivity contribution in [3.8, 4) is 10.6 Å². The third-order valence-electron chi connectivity index (χ3n) is 4.30. The van der Waals surface area contributed by atoms with Gasteiger partial charge in [0.15, 0.2) is 5.82 Å². The zero-order valence-electron chi connectivity index (χ0n) is 13.4. The van der Waals surface area contributed by atoms with Crippen LogP contribution in [0.1, 0.15) is 15.2 Å². The summed E-state index contributed by atoms with van der Waals surface area (Å²) in [5.74, 6) is 1.11. The third-order valence-corrected chi connectivity index (χ3v) is 6.21. The predicted molar refractivity (Wildman–Crippen MR) is 99.1 cm³/mol. The van der Waals surface area contributed by atoms with Gasteiger partial charge >= 0.3 is 0 Å². The van der Waals surface area contributed by atoms with Crippen molar-refractivity contribution in [3.05, 3.63) is 45.5 Å². The minimum atomic E-state index is 0.156. The summed E-state index contributed by atoms with van der Waals surface area (Å²) in [7, 11) is 0. The van der Waals surface area contributed by atoms with Crippen LogP contribution in [0.2, 0.25) is 0 Å². The molecule has 1 saturated heterocycles. The van der Waals surface area contributed by atoms with E-state index in [1.54, 1.807) is 11.3 Å². The fourth-order valence-electron chi connectivity index (χ4n) is 2.91. The molecular formula is C17H18N4OS2. The molecule has 0 aromatic carbocycles. The Morgan fingerprint density at radius 3 is 2.67 bits per heavy atom. The Labute approximate surface area is 148 Å². The summed E-state index contributed by atoms with van der Waals surface area (Å²) in [5.41, 5.74) is 2.12. The molecule has 7 heteroatoms. The van der Waals surface area contributed by atoms with Crippen LogP contribution in [0.4, 0.5) is 5.82 Å². The number of hydrogen-bond acceptors (Lipinski definition) is 5. The number of hydrogen-bond donors (Lipinski definition) is 1. The molecule has 1 N–H and O–H groups in total. The van der Waals surface area contributed by atoms with Gasteiger partial charge in [0.2, 0.25) is 0 Å². The molecule has 0 radical (unpaired) electrons. The Morgan fingerprint density at radius 1 is 1.17 bits per heavy atom. The standard InChI is InChI=1S/C17H18N4OS2/c1-12-4-10-24-16(12)17(22)21-7-5-20(6-8-21)15-11-13(18-19-15)14-3-2-9-23-14/h2-4,9-11H,5-8H2,1H3,(H,18,19). The van der Waals surface area contributed by atoms with Crippen LogP contribution in [0.5, 0.6) is 0 Å². The number of amides is 1. The summed E-state index contributed by atoms with van der Waals surface area (Å²) < 4.78 is 0. The van der Waals surface area contributed by atoms with Crippen molar-refractivity contribution in [2.24, 2.45) is 0 Å². The van der Waals surface area contributed by atoms with Gasteiger partial charge in [-0.2, -0.15) is 5.10 Å². The molecule has 1 fully saturated rings. The summed E-state index contributed by atoms with van der Waals surface area (Å²) in [4.78, 5) is 18.8. The Hall–Kier alpha value is -2.12. The van der Waals surface area contributed by atoms with Crippen molar-refractivity contribution in [1.82, 2.24) is 15.1 Å². The lowest BCUT2D eigenvalue weighted by atomic mass is 10.2. The van der Waals surface area contributed by atoms with Gasteiger partial charge in [-0.3, -0.25) is 9.89 Å². The van der Waals surface area contributed by atoms with Crippen LogP contribution in [0, 0.1) is 6.92 Å². The summed E-state index contributed by atoms with van der Waals surface area (Å²) in [6, 6.07) is 8.22. The van der Waals surface area contributed by atoms with Gasteiger partial charge < -0.3 is 9.80 Å². The number of nitrogens with zero attached hydrogens (tertiary/aromatic N) is 3. The number of nitrogens with one attached hydrogen (secondary N) is 1. The molecule has 4 rings (SSSR count). The van der Waals surface area contributed by atoms with Gasteiger partial charge in [-0.15, -0.1) is 22.7 Å². The first-order valence-corrected chi connectivity index (χ1v) is 9.66. The van der Waals surface area contributed by atoms with Crippen LogP contribution in [0.15, 0.2) is 35.0 Å². The van der Waals surface area contributed by atoms with Crippen molar-refractivity contribution in [3.63, 3.8) is 0 Å². The Balaban J connectivity index is 1.41. The molecule has 0 unspecified atom stereocenters. The van der Waals surface area contributed by atoms with Gasteiger partial charge in [-0.1, -0.05) is 6.07 Å². The zero-order chi connectivity index (χ0) is 16.5. The normalized spacial score (nSPS) is 15.0. The SMILES string of the molecule is Cc1ccsc1C(=O)N1CCN(c2cc(-c3cccs3)[nH]n2)CC1. The number of anilines is 1. The molecule has 0 atom stereocenters. The van der Waals surface area contributed by atoms with Gasteiger partial charge in [0.25, 0.3) is 5.91 Å². The van der Waals surface area contributed by atoms with E-state index in [1.807, 2.05) is 29.3 Å². The fraction of sp³-hybridized carbons (Fsp3) is 0.294. The highest BCUT2D eigenvalue weighted by Crippen LogP contribution is 2.26. The monoisotopic (exact) mass is 358 g/mol. The van der Waals surface area contributed by atoms with Gasteiger partial charge in [-0.05, 0) is 35.4 Å². The highest BCUT2D eigenvalue weighted by Gasteiger charge is 2.25. The van der Waals surface area contributed by atoms with E-state index in [-0.39, 0.29) is 5.91 Å². The summed E-state index contributed by atoms with van der Waals surface area (Å²) in [5, 5.41) is 11.6. The van der Waals surface area contributed by atoms with E-state index in [2.05, 4.69) is 32.6 Å². The van der Waals surface area contributed by atoms with Gasteiger partial charge in [0.05, 0.1) is 15.4 Å². The highest BCUT2D eigenvalue weighted by molar-refractivity contribution is 7.13. The number of thiophene rings is 2. The maximum Gasteiger partial charge on any atom is 0.264 e. The molecule has 3 aromatic rings. The number of H-pyrrole nitrogens is 1. The predicted octanol–water partition coefficient (Wildman–Crippen LogP) is 3.47. The first-order chi connectivity index (χ1) is 11.7. The Kier molecular flexibility index (Phi) is 4.12. The number of aromatic amines is 1. The molecule has 0 aliphatic carbocycles. The van der Waals surface area contributed by atoms with Crippen LogP contribution < -0.4 is 4.90 Å². The summed E-state index contributed by atoms with van der Waals surface area (Å²) in [6.45, 7) is 5.08. The quantitative estimate of drug-likeness (QED) is 0.780. The smallest absolute Gasteiger partial charge is 0.264 e. The molecule has 1 amide bonds. The van der Waals surface area contributed by atoms with E-state index in [0.29, 0.717) is 0 Å². The van der Waals surface area contributed by atoms with E-state index in [9.17, 15) is 4.79 Å². The Bertz CT molecular complexity index is 829. The minimum absolute atomic E-state index is 0.156. The topological polar surface area (TPSA) is 52.2 Å². The second-order valence-corrected chi connectivity index (χ2v) is 7.69. The van der Waals surface area contributed by atoms with Crippen LogP contribution in [0.3, 0.4) is 0 Å². The number of aryl methyl sites for hydroxylation is 1. The van der Waals surface area contributed by atoms with Gasteiger partial charge in [0, 0.05) is 32.2 Å². The molecule has 3 aromatic heterocycles. The second-order valence-electron chi connectivity index (χ2n) is 5.83. The lowest BCUT2D eigenvalue weighted by Crippen LogP contribution is -2.48. The molecular weight excluding hydrogens is 340 g/mol. The van der Waals surface area contributed by atoms with E-state index in [4.69, 9.17) is 0 Å². The number of rotatable bonds is 3. The molecule has 4 heterocycles. The third kappa shape index (κ3) is 2.85. The number of aromatic nitrogens is 2. The number of carbonyl (C=O) groups excluding carboxylic acids is 1. The van der Waals surface area contributed by atoms with Crippen molar-refractivity contribution in [2.45, 2.75) is 6.92 Å². The summed E-state index contributed by atoms with van der Waals surface area (Å²) >= 11 is 3.23. The maximum absolute atomic E-state index is 12.6. The van der Waals surface area contributed by atoms with Gasteiger partial charge in [-0.25, -0.2) is 0 Å². The van der Waals surface area contributed by atoms with Crippen LogP contribution in [0.25, 0.3) is 10.6 Å².